The summed E-state index contributed by atoms with van der Waals surface area (Å²) in [4.78, 5) is 29.5. The number of nitrogens with two attached hydrogens (primary N) is 1. The SMILES string of the molecule is Cc1cc(C(F)(F)F)ccc1OCCN(C(=O)C(C)C)c1cc(C(N)=O)ccn1. The smallest absolute Gasteiger partial charge is 0.416 e. The molecule has 0 radical (unpaired) electrons. The van der Waals surface area contributed by atoms with Crippen molar-refractivity contribution in [2.24, 2.45) is 11.7 Å². The van der Waals surface area contributed by atoms with E-state index < -0.39 is 17.6 Å². The second kappa shape index (κ2) is 8.93. The molecule has 0 saturated carbocycles. The lowest BCUT2D eigenvalue weighted by atomic mass is 10.1. The molecule has 0 spiro atoms. The third-order valence-corrected chi connectivity index (χ3v) is 4.14. The van der Waals surface area contributed by atoms with E-state index in [1.54, 1.807) is 13.8 Å². The zero-order valence-corrected chi connectivity index (χ0v) is 16.3. The van der Waals surface area contributed by atoms with Crippen LogP contribution in [0.5, 0.6) is 5.75 Å². The zero-order chi connectivity index (χ0) is 21.8. The lowest BCUT2D eigenvalue weighted by Gasteiger charge is -2.24. The molecule has 156 valence electrons. The van der Waals surface area contributed by atoms with E-state index in [9.17, 15) is 22.8 Å². The van der Waals surface area contributed by atoms with Gasteiger partial charge in [-0.2, -0.15) is 13.2 Å². The number of aryl methyl sites for hydroxylation is 1. The molecule has 0 bridgehead atoms. The van der Waals surface area contributed by atoms with Gasteiger partial charge in [-0.3, -0.25) is 14.5 Å². The Hall–Kier alpha value is -3.10. The first-order valence-corrected chi connectivity index (χ1v) is 8.88. The molecule has 29 heavy (non-hydrogen) atoms. The average molecular weight is 409 g/mol. The molecule has 0 unspecified atom stereocenters. The van der Waals surface area contributed by atoms with E-state index in [0.29, 0.717) is 5.56 Å². The minimum atomic E-state index is -4.43. The summed E-state index contributed by atoms with van der Waals surface area (Å²) < 4.78 is 43.9. The average Bonchev–Trinajstić information content (AvgIpc) is 2.65. The van der Waals surface area contributed by atoms with Crippen molar-refractivity contribution >= 4 is 17.6 Å². The number of rotatable bonds is 7. The molecule has 2 N–H and O–H groups in total. The summed E-state index contributed by atoms with van der Waals surface area (Å²) in [6.45, 7) is 5.06. The molecule has 2 rings (SSSR count). The number of ether oxygens (including phenoxy) is 1. The summed E-state index contributed by atoms with van der Waals surface area (Å²) in [5.74, 6) is -0.711. The van der Waals surface area contributed by atoms with Gasteiger partial charge in [-0.15, -0.1) is 0 Å². The van der Waals surface area contributed by atoms with Gasteiger partial charge in [-0.1, -0.05) is 13.8 Å². The monoisotopic (exact) mass is 409 g/mol. The topological polar surface area (TPSA) is 85.5 Å². The van der Waals surface area contributed by atoms with Crippen molar-refractivity contribution in [3.05, 3.63) is 53.2 Å². The first-order chi connectivity index (χ1) is 13.5. The Morgan fingerprint density at radius 2 is 1.90 bits per heavy atom. The minimum Gasteiger partial charge on any atom is -0.491 e. The number of nitrogens with zero attached hydrogens (tertiary/aromatic N) is 2. The molecule has 0 saturated heterocycles. The van der Waals surface area contributed by atoms with Gasteiger partial charge in [0.15, 0.2) is 0 Å². The molecule has 0 aliphatic rings. The van der Waals surface area contributed by atoms with Crippen molar-refractivity contribution in [3.8, 4) is 5.75 Å². The Labute approximate surface area is 166 Å². The van der Waals surface area contributed by atoms with Crippen molar-refractivity contribution < 1.29 is 27.5 Å². The van der Waals surface area contributed by atoms with E-state index in [2.05, 4.69) is 4.98 Å². The number of halogens is 3. The fourth-order valence-corrected chi connectivity index (χ4v) is 2.60. The first-order valence-electron chi connectivity index (χ1n) is 8.88. The zero-order valence-electron chi connectivity index (χ0n) is 16.3. The van der Waals surface area contributed by atoms with Crippen molar-refractivity contribution in [2.75, 3.05) is 18.1 Å². The standard InChI is InChI=1S/C20H22F3N3O3/c1-12(2)19(28)26(17-11-14(18(24)27)6-7-25-17)8-9-29-16-5-4-15(10-13(16)3)20(21,22)23/h4-7,10-12H,8-9H2,1-3H3,(H2,24,27). The van der Waals surface area contributed by atoms with Gasteiger partial charge in [0.05, 0.1) is 12.1 Å². The summed E-state index contributed by atoms with van der Waals surface area (Å²) >= 11 is 0. The van der Waals surface area contributed by atoms with Gasteiger partial charge in [0, 0.05) is 17.7 Å². The number of carbonyl (C=O) groups excluding carboxylic acids is 2. The molecule has 1 aromatic carbocycles. The molecule has 0 aliphatic heterocycles. The van der Waals surface area contributed by atoms with Crippen molar-refractivity contribution in [2.45, 2.75) is 26.9 Å². The molecule has 0 atom stereocenters. The number of carbonyl (C=O) groups is 2. The summed E-state index contributed by atoms with van der Waals surface area (Å²) in [5, 5.41) is 0. The predicted octanol–water partition coefficient (Wildman–Crippen LogP) is 3.58. The molecular weight excluding hydrogens is 387 g/mol. The normalized spacial score (nSPS) is 11.4. The number of hydrogen-bond acceptors (Lipinski definition) is 4. The molecule has 1 heterocycles. The van der Waals surface area contributed by atoms with Gasteiger partial charge in [0.2, 0.25) is 11.8 Å². The predicted molar refractivity (Wildman–Crippen MR) is 102 cm³/mol. The lowest BCUT2D eigenvalue weighted by Crippen LogP contribution is -2.38. The first kappa shape index (κ1) is 22.2. The third kappa shape index (κ3) is 5.69. The molecule has 0 fully saturated rings. The van der Waals surface area contributed by atoms with E-state index in [-0.39, 0.29) is 42.1 Å². The number of amides is 2. The Morgan fingerprint density at radius 3 is 2.45 bits per heavy atom. The van der Waals surface area contributed by atoms with E-state index in [0.717, 1.165) is 12.1 Å². The Kier molecular flexibility index (Phi) is 6.84. The molecule has 6 nitrogen and oxygen atoms in total. The van der Waals surface area contributed by atoms with Crippen LogP contribution >= 0.6 is 0 Å². The van der Waals surface area contributed by atoms with E-state index >= 15 is 0 Å². The van der Waals surface area contributed by atoms with Gasteiger partial charge in [0.1, 0.15) is 18.2 Å². The van der Waals surface area contributed by atoms with Crippen molar-refractivity contribution in [1.29, 1.82) is 0 Å². The van der Waals surface area contributed by atoms with E-state index in [1.165, 1.54) is 36.2 Å². The highest BCUT2D eigenvalue weighted by Gasteiger charge is 2.30. The van der Waals surface area contributed by atoms with Gasteiger partial charge >= 0.3 is 6.18 Å². The maximum atomic E-state index is 12.8. The van der Waals surface area contributed by atoms with Crippen LogP contribution in [0.3, 0.4) is 0 Å². The van der Waals surface area contributed by atoms with Gasteiger partial charge in [-0.05, 0) is 42.8 Å². The number of aromatic nitrogens is 1. The molecule has 2 amide bonds. The van der Waals surface area contributed by atoms with Crippen LogP contribution in [0.1, 0.15) is 35.3 Å². The van der Waals surface area contributed by atoms with Crippen LogP contribution in [0.15, 0.2) is 36.5 Å². The number of benzene rings is 1. The number of primary amides is 1. The Morgan fingerprint density at radius 1 is 1.21 bits per heavy atom. The Bertz CT molecular complexity index is 898. The van der Waals surface area contributed by atoms with Gasteiger partial charge in [0.25, 0.3) is 0 Å². The highest BCUT2D eigenvalue weighted by atomic mass is 19.4. The van der Waals surface area contributed by atoms with Crippen LogP contribution < -0.4 is 15.4 Å². The summed E-state index contributed by atoms with van der Waals surface area (Å²) in [6.07, 6.45) is -3.06. The van der Waals surface area contributed by atoms with Crippen LogP contribution in [-0.2, 0) is 11.0 Å². The molecule has 1 aromatic heterocycles. The molecule has 9 heteroatoms. The lowest BCUT2D eigenvalue weighted by molar-refractivity contribution is -0.137. The number of pyridine rings is 1. The van der Waals surface area contributed by atoms with Gasteiger partial charge in [-0.25, -0.2) is 4.98 Å². The Balaban J connectivity index is 2.16. The van der Waals surface area contributed by atoms with Crippen LogP contribution in [-0.4, -0.2) is 29.9 Å². The number of anilines is 1. The van der Waals surface area contributed by atoms with E-state index in [1.807, 2.05) is 0 Å². The number of alkyl halides is 3. The third-order valence-electron chi connectivity index (χ3n) is 4.14. The van der Waals surface area contributed by atoms with Crippen molar-refractivity contribution in [1.82, 2.24) is 4.98 Å². The second-order valence-corrected chi connectivity index (χ2v) is 6.74. The maximum absolute atomic E-state index is 12.8. The summed E-state index contributed by atoms with van der Waals surface area (Å²) in [6, 6.07) is 6.04. The van der Waals surface area contributed by atoms with Crippen LogP contribution in [0.2, 0.25) is 0 Å². The summed E-state index contributed by atoms with van der Waals surface area (Å²) in [7, 11) is 0. The number of hydrogen-bond donors (Lipinski definition) is 1. The van der Waals surface area contributed by atoms with Crippen LogP contribution in [0, 0.1) is 12.8 Å². The van der Waals surface area contributed by atoms with Gasteiger partial charge < -0.3 is 10.5 Å². The minimum absolute atomic E-state index is 0.0210. The second-order valence-electron chi connectivity index (χ2n) is 6.74. The fourth-order valence-electron chi connectivity index (χ4n) is 2.60. The van der Waals surface area contributed by atoms with Crippen LogP contribution in [0.25, 0.3) is 0 Å². The van der Waals surface area contributed by atoms with E-state index in [4.69, 9.17) is 10.5 Å². The molecule has 2 aromatic rings. The summed E-state index contributed by atoms with van der Waals surface area (Å²) in [5.41, 5.74) is 5.06. The molecule has 0 aliphatic carbocycles. The van der Waals surface area contributed by atoms with Crippen LogP contribution in [0.4, 0.5) is 19.0 Å². The maximum Gasteiger partial charge on any atom is 0.416 e. The highest BCUT2D eigenvalue weighted by molar-refractivity contribution is 5.97. The fraction of sp³-hybridized carbons (Fsp3) is 0.350. The van der Waals surface area contributed by atoms with Crippen molar-refractivity contribution in [3.63, 3.8) is 0 Å². The largest absolute Gasteiger partial charge is 0.491 e. The highest BCUT2D eigenvalue weighted by Crippen LogP contribution is 2.32. The molecular formula is C20H22F3N3O3. The quantitative estimate of drug-likeness (QED) is 0.758.